The molecular formula is C20H25ClN2O. The van der Waals surface area contributed by atoms with E-state index in [2.05, 4.69) is 31.3 Å². The summed E-state index contributed by atoms with van der Waals surface area (Å²) in [6.45, 7) is 6.08. The molecule has 0 unspecified atom stereocenters. The Balaban J connectivity index is 1.81. The van der Waals surface area contributed by atoms with Gasteiger partial charge in [-0.3, -0.25) is 4.79 Å². The highest BCUT2D eigenvalue weighted by Crippen LogP contribution is 2.14. The number of amides is 1. The van der Waals surface area contributed by atoms with Crippen molar-refractivity contribution < 1.29 is 4.79 Å². The van der Waals surface area contributed by atoms with E-state index < -0.39 is 0 Å². The van der Waals surface area contributed by atoms with Crippen molar-refractivity contribution >= 4 is 17.5 Å². The SMILES string of the molecule is CC(C)N(Cc1ccccc1)C(=O)CCNCc1ccccc1Cl. The van der Waals surface area contributed by atoms with Crippen LogP contribution in [0.15, 0.2) is 54.6 Å². The van der Waals surface area contributed by atoms with Gasteiger partial charge in [-0.25, -0.2) is 0 Å². The van der Waals surface area contributed by atoms with E-state index in [1.165, 1.54) is 0 Å². The number of hydrogen-bond acceptors (Lipinski definition) is 2. The molecule has 2 aromatic carbocycles. The Morgan fingerprint density at radius 2 is 1.75 bits per heavy atom. The van der Waals surface area contributed by atoms with Crippen LogP contribution < -0.4 is 5.32 Å². The number of benzene rings is 2. The molecule has 2 rings (SSSR count). The van der Waals surface area contributed by atoms with Crippen LogP contribution in [0, 0.1) is 0 Å². The van der Waals surface area contributed by atoms with Crippen LogP contribution in [0.25, 0.3) is 0 Å². The van der Waals surface area contributed by atoms with Gasteiger partial charge in [-0.05, 0) is 31.0 Å². The molecule has 0 spiro atoms. The highest BCUT2D eigenvalue weighted by Gasteiger charge is 2.16. The molecule has 0 fully saturated rings. The predicted octanol–water partition coefficient (Wildman–Crippen LogP) is 4.26. The summed E-state index contributed by atoms with van der Waals surface area (Å²) in [5.41, 5.74) is 2.21. The van der Waals surface area contributed by atoms with Gasteiger partial charge in [0.1, 0.15) is 0 Å². The van der Waals surface area contributed by atoms with Crippen LogP contribution in [0.5, 0.6) is 0 Å². The van der Waals surface area contributed by atoms with Crippen LogP contribution in [0.4, 0.5) is 0 Å². The van der Waals surface area contributed by atoms with Gasteiger partial charge >= 0.3 is 0 Å². The molecule has 0 bridgehead atoms. The molecule has 0 radical (unpaired) electrons. The molecule has 1 N–H and O–H groups in total. The van der Waals surface area contributed by atoms with Crippen molar-refractivity contribution in [2.24, 2.45) is 0 Å². The van der Waals surface area contributed by atoms with Crippen LogP contribution in [0.2, 0.25) is 5.02 Å². The minimum absolute atomic E-state index is 0.167. The lowest BCUT2D eigenvalue weighted by molar-refractivity contribution is -0.133. The highest BCUT2D eigenvalue weighted by molar-refractivity contribution is 6.31. The molecule has 0 atom stereocenters. The van der Waals surface area contributed by atoms with Crippen molar-refractivity contribution in [3.8, 4) is 0 Å². The van der Waals surface area contributed by atoms with Crippen LogP contribution >= 0.6 is 11.6 Å². The summed E-state index contributed by atoms with van der Waals surface area (Å²) >= 11 is 6.13. The smallest absolute Gasteiger partial charge is 0.224 e. The number of nitrogens with one attached hydrogen (secondary N) is 1. The first-order valence-corrected chi connectivity index (χ1v) is 8.73. The lowest BCUT2D eigenvalue weighted by Gasteiger charge is -2.27. The summed E-state index contributed by atoms with van der Waals surface area (Å²) in [5.74, 6) is 0.167. The second-order valence-corrected chi connectivity index (χ2v) is 6.53. The number of nitrogens with zero attached hydrogens (tertiary/aromatic N) is 1. The highest BCUT2D eigenvalue weighted by atomic mass is 35.5. The maximum Gasteiger partial charge on any atom is 0.224 e. The van der Waals surface area contributed by atoms with Crippen molar-refractivity contribution in [3.63, 3.8) is 0 Å². The zero-order valence-corrected chi connectivity index (χ0v) is 15.1. The third kappa shape index (κ3) is 5.66. The van der Waals surface area contributed by atoms with Gasteiger partial charge in [0.2, 0.25) is 5.91 Å². The maximum absolute atomic E-state index is 12.5. The average Bonchev–Trinajstić information content (AvgIpc) is 2.58. The zero-order chi connectivity index (χ0) is 17.4. The second kappa shape index (κ2) is 9.45. The number of hydrogen-bond donors (Lipinski definition) is 1. The van der Waals surface area contributed by atoms with E-state index in [1.54, 1.807) is 0 Å². The number of carbonyl (C=O) groups excluding carboxylic acids is 1. The largest absolute Gasteiger partial charge is 0.336 e. The Kier molecular flexibility index (Phi) is 7.29. The van der Waals surface area contributed by atoms with Gasteiger partial charge in [0.15, 0.2) is 0 Å². The van der Waals surface area contributed by atoms with Crippen LogP contribution in [-0.2, 0) is 17.9 Å². The van der Waals surface area contributed by atoms with Gasteiger partial charge in [0.05, 0.1) is 0 Å². The first kappa shape index (κ1) is 18.5. The van der Waals surface area contributed by atoms with E-state index in [9.17, 15) is 4.79 Å². The third-order valence-corrected chi connectivity index (χ3v) is 4.30. The molecule has 2 aromatic rings. The Bertz CT molecular complexity index is 643. The molecule has 24 heavy (non-hydrogen) atoms. The molecule has 3 nitrogen and oxygen atoms in total. The van der Waals surface area contributed by atoms with Gasteiger partial charge in [-0.15, -0.1) is 0 Å². The maximum atomic E-state index is 12.5. The van der Waals surface area contributed by atoms with Crippen molar-refractivity contribution in [1.29, 1.82) is 0 Å². The summed E-state index contributed by atoms with van der Waals surface area (Å²) in [5, 5.41) is 4.05. The Morgan fingerprint density at radius 1 is 1.08 bits per heavy atom. The minimum Gasteiger partial charge on any atom is -0.336 e. The summed E-state index contributed by atoms with van der Waals surface area (Å²) in [4.78, 5) is 14.5. The zero-order valence-electron chi connectivity index (χ0n) is 14.3. The minimum atomic E-state index is 0.167. The molecule has 0 aliphatic rings. The Morgan fingerprint density at radius 3 is 2.42 bits per heavy atom. The Hall–Kier alpha value is -1.84. The molecule has 0 heterocycles. The fourth-order valence-electron chi connectivity index (χ4n) is 2.54. The summed E-state index contributed by atoms with van der Waals surface area (Å²) < 4.78 is 0. The fourth-order valence-corrected chi connectivity index (χ4v) is 2.75. The topological polar surface area (TPSA) is 32.3 Å². The van der Waals surface area contributed by atoms with E-state index in [-0.39, 0.29) is 11.9 Å². The monoisotopic (exact) mass is 344 g/mol. The van der Waals surface area contributed by atoms with E-state index in [0.717, 1.165) is 16.1 Å². The molecule has 0 aromatic heterocycles. The average molecular weight is 345 g/mol. The summed E-state index contributed by atoms with van der Waals surface area (Å²) in [7, 11) is 0. The molecule has 4 heteroatoms. The Labute approximate surface area is 149 Å². The van der Waals surface area contributed by atoms with Gasteiger partial charge in [-0.1, -0.05) is 60.1 Å². The lowest BCUT2D eigenvalue weighted by Crippen LogP contribution is -2.37. The quantitative estimate of drug-likeness (QED) is 0.726. The molecule has 0 aliphatic carbocycles. The van der Waals surface area contributed by atoms with Crippen molar-refractivity contribution in [1.82, 2.24) is 10.2 Å². The molecular weight excluding hydrogens is 320 g/mol. The number of carbonyl (C=O) groups is 1. The molecule has 0 aliphatic heterocycles. The van der Waals surface area contributed by atoms with Gasteiger partial charge in [0, 0.05) is 37.1 Å². The fraction of sp³-hybridized carbons (Fsp3) is 0.350. The molecule has 128 valence electrons. The first-order chi connectivity index (χ1) is 11.6. The second-order valence-electron chi connectivity index (χ2n) is 6.12. The van der Waals surface area contributed by atoms with E-state index in [4.69, 9.17) is 11.6 Å². The van der Waals surface area contributed by atoms with Gasteiger partial charge in [-0.2, -0.15) is 0 Å². The summed E-state index contributed by atoms with van der Waals surface area (Å²) in [6.07, 6.45) is 0.482. The lowest BCUT2D eigenvalue weighted by atomic mass is 10.1. The van der Waals surface area contributed by atoms with E-state index >= 15 is 0 Å². The normalized spacial score (nSPS) is 10.8. The van der Waals surface area contributed by atoms with Crippen molar-refractivity contribution in [2.75, 3.05) is 6.54 Å². The third-order valence-electron chi connectivity index (χ3n) is 3.93. The van der Waals surface area contributed by atoms with Crippen LogP contribution in [0.1, 0.15) is 31.4 Å². The predicted molar refractivity (Wildman–Crippen MR) is 99.9 cm³/mol. The van der Waals surface area contributed by atoms with Crippen LogP contribution in [0.3, 0.4) is 0 Å². The van der Waals surface area contributed by atoms with Gasteiger partial charge in [0.25, 0.3) is 0 Å². The molecule has 0 saturated carbocycles. The van der Waals surface area contributed by atoms with Crippen molar-refractivity contribution in [3.05, 3.63) is 70.7 Å². The van der Waals surface area contributed by atoms with Gasteiger partial charge < -0.3 is 10.2 Å². The molecule has 0 saturated heterocycles. The molecule has 1 amide bonds. The number of halogens is 1. The van der Waals surface area contributed by atoms with E-state index in [1.807, 2.05) is 47.4 Å². The standard InChI is InChI=1S/C20H25ClN2O/c1-16(2)23(15-17-8-4-3-5-9-17)20(24)12-13-22-14-18-10-6-7-11-19(18)21/h3-11,16,22H,12-15H2,1-2H3. The first-order valence-electron chi connectivity index (χ1n) is 8.35. The van der Waals surface area contributed by atoms with E-state index in [0.29, 0.717) is 26.1 Å². The summed E-state index contributed by atoms with van der Waals surface area (Å²) in [6, 6.07) is 18.0. The van der Waals surface area contributed by atoms with Crippen LogP contribution in [-0.4, -0.2) is 23.4 Å². The number of rotatable bonds is 8. The van der Waals surface area contributed by atoms with Crippen molar-refractivity contribution in [2.45, 2.75) is 39.4 Å².